The van der Waals surface area contributed by atoms with Crippen molar-refractivity contribution in [3.63, 3.8) is 0 Å². The molecule has 0 saturated carbocycles. The van der Waals surface area contributed by atoms with E-state index in [0.29, 0.717) is 11.3 Å². The second-order valence-corrected chi connectivity index (χ2v) is 7.78. The third-order valence-corrected chi connectivity index (χ3v) is 5.62. The Kier molecular flexibility index (Phi) is 5.05. The number of cyclic esters (lactones) is 1. The second kappa shape index (κ2) is 8.01. The van der Waals surface area contributed by atoms with Gasteiger partial charge in [0, 0.05) is 42.8 Å². The van der Waals surface area contributed by atoms with Crippen molar-refractivity contribution in [2.75, 3.05) is 38.2 Å². The smallest absolute Gasteiger partial charge is 0.417 e. The summed E-state index contributed by atoms with van der Waals surface area (Å²) in [6.07, 6.45) is 3.13. The molecule has 1 aromatic carbocycles. The van der Waals surface area contributed by atoms with Crippen LogP contribution in [0.15, 0.2) is 30.5 Å². The summed E-state index contributed by atoms with van der Waals surface area (Å²) in [5.74, 6) is -0.553. The highest BCUT2D eigenvalue weighted by atomic mass is 16.6. The first-order valence-electron chi connectivity index (χ1n) is 10.2. The molecule has 9 heteroatoms. The first kappa shape index (κ1) is 19.5. The van der Waals surface area contributed by atoms with Crippen molar-refractivity contribution in [3.05, 3.63) is 52.8 Å². The zero-order valence-corrected chi connectivity index (χ0v) is 16.8. The number of rotatable bonds is 5. The molecule has 3 aliphatic rings. The average molecular weight is 422 g/mol. The lowest BCUT2D eigenvalue weighted by Gasteiger charge is -2.25. The Labute approximate surface area is 178 Å². The first-order chi connectivity index (χ1) is 15.1. The molecule has 1 aromatic heterocycles. The molecule has 160 valence electrons. The van der Waals surface area contributed by atoms with Crippen molar-refractivity contribution in [3.8, 4) is 0 Å². The van der Waals surface area contributed by atoms with E-state index in [2.05, 4.69) is 15.2 Å². The Morgan fingerprint density at radius 2 is 1.87 bits per heavy atom. The van der Waals surface area contributed by atoms with Gasteiger partial charge in [0.2, 0.25) is 0 Å². The van der Waals surface area contributed by atoms with Crippen LogP contribution < -0.4 is 5.32 Å². The minimum absolute atomic E-state index is 0.110. The highest BCUT2D eigenvalue weighted by molar-refractivity contribution is 6.34. The number of carbonyl (C=O) groups is 3. The first-order valence-corrected chi connectivity index (χ1v) is 10.2. The number of nitrogens with one attached hydrogen (secondary N) is 2. The molecule has 31 heavy (non-hydrogen) atoms. The fraction of sp³-hybridized carbons (Fsp3) is 0.318. The fourth-order valence-corrected chi connectivity index (χ4v) is 4.00. The molecule has 0 unspecified atom stereocenters. The van der Waals surface area contributed by atoms with Crippen LogP contribution in [0.5, 0.6) is 0 Å². The van der Waals surface area contributed by atoms with Gasteiger partial charge in [0.25, 0.3) is 11.8 Å². The van der Waals surface area contributed by atoms with E-state index in [9.17, 15) is 14.4 Å². The van der Waals surface area contributed by atoms with Gasteiger partial charge in [-0.15, -0.1) is 0 Å². The number of imide groups is 1. The van der Waals surface area contributed by atoms with Gasteiger partial charge in [0.15, 0.2) is 6.61 Å². The van der Waals surface area contributed by atoms with Crippen LogP contribution in [-0.4, -0.2) is 65.6 Å². The SMILES string of the molecule is O=C1Nc2ccc(CN3C(=O)COC3=O)cc2/C1=C/c1cc(CN2CCOCC2)c[nH]1. The molecular formula is C22H22N4O5. The number of benzene rings is 1. The highest BCUT2D eigenvalue weighted by Gasteiger charge is 2.32. The summed E-state index contributed by atoms with van der Waals surface area (Å²) in [5, 5.41) is 2.86. The van der Waals surface area contributed by atoms with Crippen LogP contribution in [0, 0.1) is 0 Å². The lowest BCUT2D eigenvalue weighted by Crippen LogP contribution is -2.35. The van der Waals surface area contributed by atoms with Gasteiger partial charge < -0.3 is 19.8 Å². The van der Waals surface area contributed by atoms with Crippen LogP contribution in [0.1, 0.15) is 22.4 Å². The standard InChI is InChI=1S/C22H22N4O5/c27-20-13-31-22(29)26(20)12-14-1-2-19-17(8-14)18(21(28)24-19)9-16-7-15(10-23-16)11-25-3-5-30-6-4-25/h1-2,7-10,23H,3-6,11-13H2,(H,24,28)/b18-9-. The van der Waals surface area contributed by atoms with Crippen LogP contribution in [0.25, 0.3) is 11.6 Å². The Bertz CT molecular complexity index is 1070. The molecule has 2 fully saturated rings. The summed E-state index contributed by atoms with van der Waals surface area (Å²) in [4.78, 5) is 42.7. The van der Waals surface area contributed by atoms with E-state index < -0.39 is 6.09 Å². The van der Waals surface area contributed by atoms with Gasteiger partial charge in [-0.25, -0.2) is 9.69 Å². The van der Waals surface area contributed by atoms with Gasteiger partial charge in [0.05, 0.1) is 25.3 Å². The number of hydrogen-bond donors (Lipinski definition) is 2. The van der Waals surface area contributed by atoms with Gasteiger partial charge in [-0.3, -0.25) is 14.5 Å². The molecule has 0 radical (unpaired) electrons. The minimum atomic E-state index is -0.644. The molecule has 5 rings (SSSR count). The van der Waals surface area contributed by atoms with Gasteiger partial charge in [-0.2, -0.15) is 0 Å². The van der Waals surface area contributed by atoms with Crippen molar-refractivity contribution in [2.45, 2.75) is 13.1 Å². The van der Waals surface area contributed by atoms with E-state index in [1.807, 2.05) is 24.4 Å². The van der Waals surface area contributed by atoms with E-state index in [-0.39, 0.29) is 25.0 Å². The van der Waals surface area contributed by atoms with Crippen LogP contribution in [0.3, 0.4) is 0 Å². The Hall–Kier alpha value is -3.43. The second-order valence-electron chi connectivity index (χ2n) is 7.78. The quantitative estimate of drug-likeness (QED) is 0.713. The maximum Gasteiger partial charge on any atom is 0.417 e. The number of ether oxygens (including phenoxy) is 2. The summed E-state index contributed by atoms with van der Waals surface area (Å²) in [5.41, 5.74) is 4.71. The van der Waals surface area contributed by atoms with Crippen molar-refractivity contribution in [1.82, 2.24) is 14.8 Å². The lowest BCUT2D eigenvalue weighted by molar-refractivity contribution is -0.126. The van der Waals surface area contributed by atoms with Crippen LogP contribution in [-0.2, 0) is 32.2 Å². The Morgan fingerprint density at radius 1 is 1.03 bits per heavy atom. The molecule has 2 N–H and O–H groups in total. The van der Waals surface area contributed by atoms with Crippen molar-refractivity contribution in [1.29, 1.82) is 0 Å². The normalized spacial score (nSPS) is 20.3. The summed E-state index contributed by atoms with van der Waals surface area (Å²) >= 11 is 0. The molecule has 3 aliphatic heterocycles. The molecule has 0 bridgehead atoms. The summed E-state index contributed by atoms with van der Waals surface area (Å²) in [6, 6.07) is 7.44. The predicted octanol–water partition coefficient (Wildman–Crippen LogP) is 1.82. The molecule has 4 heterocycles. The van der Waals surface area contributed by atoms with Crippen LogP contribution >= 0.6 is 0 Å². The summed E-state index contributed by atoms with van der Waals surface area (Å²) in [7, 11) is 0. The van der Waals surface area contributed by atoms with Gasteiger partial charge in [-0.05, 0) is 35.4 Å². The number of morpholine rings is 1. The van der Waals surface area contributed by atoms with Gasteiger partial charge in [0.1, 0.15) is 0 Å². The fourth-order valence-electron chi connectivity index (χ4n) is 4.00. The van der Waals surface area contributed by atoms with Gasteiger partial charge >= 0.3 is 6.09 Å². The molecule has 2 saturated heterocycles. The topological polar surface area (TPSA) is 104 Å². The Morgan fingerprint density at radius 3 is 2.65 bits per heavy atom. The minimum Gasteiger partial charge on any atom is -0.439 e. The third-order valence-electron chi connectivity index (χ3n) is 5.62. The van der Waals surface area contributed by atoms with E-state index in [1.54, 1.807) is 12.1 Å². The number of amides is 3. The molecule has 0 spiro atoms. The van der Waals surface area contributed by atoms with Crippen molar-refractivity contribution in [2.24, 2.45) is 0 Å². The van der Waals surface area contributed by atoms with Gasteiger partial charge in [-0.1, -0.05) is 6.07 Å². The molecule has 0 aliphatic carbocycles. The predicted molar refractivity (Wildman–Crippen MR) is 112 cm³/mol. The monoisotopic (exact) mass is 422 g/mol. The number of carbonyl (C=O) groups excluding carboxylic acids is 3. The van der Waals surface area contributed by atoms with Crippen LogP contribution in [0.2, 0.25) is 0 Å². The number of aromatic nitrogens is 1. The third kappa shape index (κ3) is 3.97. The van der Waals surface area contributed by atoms with Crippen LogP contribution in [0.4, 0.5) is 10.5 Å². The summed E-state index contributed by atoms with van der Waals surface area (Å²) in [6.45, 7) is 4.03. The Balaban J connectivity index is 1.36. The maximum atomic E-state index is 12.6. The van der Waals surface area contributed by atoms with E-state index in [4.69, 9.17) is 9.47 Å². The highest BCUT2D eigenvalue weighted by Crippen LogP contribution is 2.34. The lowest BCUT2D eigenvalue weighted by atomic mass is 10.0. The zero-order chi connectivity index (χ0) is 21.4. The number of anilines is 1. The van der Waals surface area contributed by atoms with Crippen molar-refractivity contribution < 1.29 is 23.9 Å². The molecular weight excluding hydrogens is 400 g/mol. The number of hydrogen-bond acceptors (Lipinski definition) is 6. The maximum absolute atomic E-state index is 12.6. The van der Waals surface area contributed by atoms with E-state index in [0.717, 1.165) is 60.1 Å². The molecule has 9 nitrogen and oxygen atoms in total. The van der Waals surface area contributed by atoms with E-state index in [1.165, 1.54) is 0 Å². The molecule has 3 amide bonds. The molecule has 2 aromatic rings. The zero-order valence-electron chi connectivity index (χ0n) is 16.8. The number of fused-ring (bicyclic) bond motifs is 1. The van der Waals surface area contributed by atoms with Crippen molar-refractivity contribution >= 4 is 35.2 Å². The summed E-state index contributed by atoms with van der Waals surface area (Å²) < 4.78 is 10.2. The largest absolute Gasteiger partial charge is 0.439 e. The number of H-pyrrole nitrogens is 1. The average Bonchev–Trinajstić information content (AvgIpc) is 3.43. The number of nitrogens with zero attached hydrogens (tertiary/aromatic N) is 2. The number of aromatic amines is 1. The molecule has 0 atom stereocenters. The van der Waals surface area contributed by atoms with E-state index >= 15 is 0 Å².